The van der Waals surface area contributed by atoms with Crippen molar-refractivity contribution in [2.24, 2.45) is 16.5 Å². The van der Waals surface area contributed by atoms with Gasteiger partial charge in [-0.2, -0.15) is 4.99 Å². The lowest BCUT2D eigenvalue weighted by molar-refractivity contribution is 0.268. The monoisotopic (exact) mass is 307 g/mol. The van der Waals surface area contributed by atoms with Gasteiger partial charge in [0.15, 0.2) is 0 Å². The van der Waals surface area contributed by atoms with Gasteiger partial charge in [0.25, 0.3) is 0 Å². The zero-order chi connectivity index (χ0) is 15.3. The van der Waals surface area contributed by atoms with Gasteiger partial charge in [-0.15, -0.1) is 0 Å². The molecule has 1 aromatic rings. The Morgan fingerprint density at radius 3 is 2.67 bits per heavy atom. The number of nitrogens with two attached hydrogens (primary N) is 2. The molecule has 5 N–H and O–H groups in total. The third-order valence-corrected chi connectivity index (χ3v) is 3.24. The average molecular weight is 307 g/mol. The van der Waals surface area contributed by atoms with Gasteiger partial charge in [0.1, 0.15) is 0 Å². The quantitative estimate of drug-likeness (QED) is 0.324. The molecule has 0 saturated heterocycles. The Morgan fingerprint density at radius 2 is 1.95 bits per heavy atom. The van der Waals surface area contributed by atoms with Gasteiger partial charge in [0.05, 0.1) is 10.8 Å². The van der Waals surface area contributed by atoms with Crippen molar-refractivity contribution in [1.82, 2.24) is 10.2 Å². The molecular formula is C15H25N5S. The molecule has 1 rings (SSSR count). The van der Waals surface area contributed by atoms with Crippen LogP contribution in [0.4, 0.5) is 5.69 Å². The second-order valence-corrected chi connectivity index (χ2v) is 4.97. The number of nitrogens with zero attached hydrogens (tertiary/aromatic N) is 2. The topological polar surface area (TPSA) is 79.7 Å². The summed E-state index contributed by atoms with van der Waals surface area (Å²) >= 11 is 4.70. The number of para-hydroxylation sites is 1. The van der Waals surface area contributed by atoms with Gasteiger partial charge < -0.3 is 16.8 Å². The van der Waals surface area contributed by atoms with Crippen LogP contribution in [0, 0.1) is 0 Å². The molecular weight excluding hydrogens is 282 g/mol. The molecule has 0 amide bonds. The smallest absolute Gasteiger partial charge is 0.0784 e. The summed E-state index contributed by atoms with van der Waals surface area (Å²) in [7, 11) is 0. The fourth-order valence-electron chi connectivity index (χ4n) is 2.15. The highest BCUT2D eigenvalue weighted by Gasteiger charge is 2.08. The van der Waals surface area contributed by atoms with Crippen LogP contribution < -0.4 is 16.8 Å². The second-order valence-electron chi connectivity index (χ2n) is 4.79. The normalized spacial score (nSPS) is 10.6. The molecule has 0 unspecified atom stereocenters. The van der Waals surface area contributed by atoms with Gasteiger partial charge >= 0.3 is 0 Å². The van der Waals surface area contributed by atoms with Gasteiger partial charge in [-0.3, -0.25) is 4.90 Å². The van der Waals surface area contributed by atoms with Gasteiger partial charge in [-0.1, -0.05) is 18.2 Å². The zero-order valence-corrected chi connectivity index (χ0v) is 13.2. The van der Waals surface area contributed by atoms with Crippen LogP contribution in [0.5, 0.6) is 0 Å². The molecule has 0 aromatic heterocycles. The van der Waals surface area contributed by atoms with Crippen LogP contribution in [-0.4, -0.2) is 49.3 Å². The van der Waals surface area contributed by atoms with Crippen molar-refractivity contribution in [1.29, 1.82) is 0 Å². The van der Waals surface area contributed by atoms with Crippen molar-refractivity contribution in [2.75, 3.05) is 39.3 Å². The van der Waals surface area contributed by atoms with Crippen molar-refractivity contribution in [3.05, 3.63) is 29.8 Å². The number of rotatable bonds is 11. The summed E-state index contributed by atoms with van der Waals surface area (Å²) in [5.41, 5.74) is 13.2. The maximum atomic E-state index is 5.71. The highest BCUT2D eigenvalue weighted by Crippen LogP contribution is 2.19. The molecule has 5 nitrogen and oxygen atoms in total. The standard InChI is InChI=1S/C15H25N5S/c16-6-9-18-8-3-10-20(11-7-17)12-14-4-1-2-5-15(14)19-13-21/h1-2,4-5,18H,3,6-12,16-17H2. The van der Waals surface area contributed by atoms with E-state index in [0.29, 0.717) is 13.1 Å². The molecule has 116 valence electrons. The molecule has 1 aromatic carbocycles. The Kier molecular flexibility index (Phi) is 9.82. The van der Waals surface area contributed by atoms with E-state index in [1.165, 1.54) is 0 Å². The largest absolute Gasteiger partial charge is 0.329 e. The van der Waals surface area contributed by atoms with E-state index in [9.17, 15) is 0 Å². The maximum Gasteiger partial charge on any atom is 0.0784 e. The van der Waals surface area contributed by atoms with E-state index < -0.39 is 0 Å². The van der Waals surface area contributed by atoms with E-state index in [1.54, 1.807) is 0 Å². The minimum atomic E-state index is 0.648. The Balaban J connectivity index is 2.55. The highest BCUT2D eigenvalue weighted by atomic mass is 32.1. The van der Waals surface area contributed by atoms with Crippen LogP contribution in [0.3, 0.4) is 0 Å². The van der Waals surface area contributed by atoms with Gasteiger partial charge in [0.2, 0.25) is 0 Å². The lowest BCUT2D eigenvalue weighted by Crippen LogP contribution is -2.32. The van der Waals surface area contributed by atoms with Crippen LogP contribution in [0.15, 0.2) is 29.3 Å². The Hall–Kier alpha value is -1.14. The van der Waals surface area contributed by atoms with E-state index in [2.05, 4.69) is 26.4 Å². The summed E-state index contributed by atoms with van der Waals surface area (Å²) in [5.74, 6) is 0. The Bertz CT molecular complexity index is 445. The predicted octanol–water partition coefficient (Wildman–Crippen LogP) is 1.12. The lowest BCUT2D eigenvalue weighted by Gasteiger charge is -2.22. The number of thiocarbonyl (C=S) groups is 1. The molecule has 0 aliphatic heterocycles. The molecule has 0 atom stereocenters. The molecule has 0 fully saturated rings. The fraction of sp³-hybridized carbons (Fsp3) is 0.533. The maximum absolute atomic E-state index is 5.71. The summed E-state index contributed by atoms with van der Waals surface area (Å²) in [6.45, 7) is 5.84. The van der Waals surface area contributed by atoms with Crippen molar-refractivity contribution >= 4 is 23.1 Å². The molecule has 0 saturated carbocycles. The van der Waals surface area contributed by atoms with Gasteiger partial charge in [-0.05, 0) is 43.4 Å². The zero-order valence-electron chi connectivity index (χ0n) is 12.4. The Labute approximate surface area is 132 Å². The molecule has 0 bridgehead atoms. The molecule has 6 heteroatoms. The molecule has 21 heavy (non-hydrogen) atoms. The molecule has 0 radical (unpaired) electrons. The van der Waals surface area contributed by atoms with Gasteiger partial charge in [-0.25, -0.2) is 0 Å². The van der Waals surface area contributed by atoms with Crippen molar-refractivity contribution in [3.8, 4) is 0 Å². The SMILES string of the molecule is NCCNCCCN(CCN)Cc1ccccc1N=C=S. The molecule has 0 aliphatic carbocycles. The van der Waals surface area contributed by atoms with Crippen LogP contribution in [-0.2, 0) is 6.54 Å². The number of hydrogen-bond acceptors (Lipinski definition) is 6. The van der Waals surface area contributed by atoms with E-state index in [0.717, 1.165) is 50.4 Å². The third kappa shape index (κ3) is 7.43. The van der Waals surface area contributed by atoms with Crippen LogP contribution >= 0.6 is 12.2 Å². The van der Waals surface area contributed by atoms with Crippen LogP contribution in [0.1, 0.15) is 12.0 Å². The number of nitrogens with one attached hydrogen (secondary N) is 1. The van der Waals surface area contributed by atoms with Gasteiger partial charge in [0, 0.05) is 32.7 Å². The first kappa shape index (κ1) is 17.9. The summed E-state index contributed by atoms with van der Waals surface area (Å²) in [5, 5.41) is 5.74. The Morgan fingerprint density at radius 1 is 1.14 bits per heavy atom. The number of aliphatic imine (C=N–C) groups is 1. The first-order chi connectivity index (χ1) is 10.3. The van der Waals surface area contributed by atoms with Crippen molar-refractivity contribution < 1.29 is 0 Å². The van der Waals surface area contributed by atoms with Crippen LogP contribution in [0.2, 0.25) is 0 Å². The van der Waals surface area contributed by atoms with Crippen LogP contribution in [0.25, 0.3) is 0 Å². The highest BCUT2D eigenvalue weighted by molar-refractivity contribution is 7.78. The minimum Gasteiger partial charge on any atom is -0.329 e. The number of benzene rings is 1. The van der Waals surface area contributed by atoms with E-state index in [4.69, 9.17) is 23.7 Å². The van der Waals surface area contributed by atoms with Crippen molar-refractivity contribution in [2.45, 2.75) is 13.0 Å². The first-order valence-electron chi connectivity index (χ1n) is 7.30. The first-order valence-corrected chi connectivity index (χ1v) is 7.71. The van der Waals surface area contributed by atoms with E-state index in [-0.39, 0.29) is 0 Å². The molecule has 0 spiro atoms. The predicted molar refractivity (Wildman–Crippen MR) is 92.0 cm³/mol. The molecule has 0 heterocycles. The molecule has 0 aliphatic rings. The summed E-state index contributed by atoms with van der Waals surface area (Å²) in [6, 6.07) is 8.00. The fourth-order valence-corrected chi connectivity index (χ4v) is 2.25. The average Bonchev–Trinajstić information content (AvgIpc) is 2.49. The summed E-state index contributed by atoms with van der Waals surface area (Å²) in [6.07, 6.45) is 1.07. The summed E-state index contributed by atoms with van der Waals surface area (Å²) < 4.78 is 0. The number of isothiocyanates is 1. The number of hydrogen-bond donors (Lipinski definition) is 3. The van der Waals surface area contributed by atoms with E-state index in [1.807, 2.05) is 18.2 Å². The van der Waals surface area contributed by atoms with Crippen molar-refractivity contribution in [3.63, 3.8) is 0 Å². The minimum absolute atomic E-state index is 0.648. The third-order valence-electron chi connectivity index (χ3n) is 3.15. The van der Waals surface area contributed by atoms with E-state index >= 15 is 0 Å². The second kappa shape index (κ2) is 11.5. The lowest BCUT2D eigenvalue weighted by atomic mass is 10.1. The summed E-state index contributed by atoms with van der Waals surface area (Å²) in [4.78, 5) is 6.46.